The van der Waals surface area contributed by atoms with Gasteiger partial charge in [0.05, 0.1) is 18.1 Å². The topological polar surface area (TPSA) is 55.4 Å². The summed E-state index contributed by atoms with van der Waals surface area (Å²) in [4.78, 5) is 26.1. The van der Waals surface area contributed by atoms with Gasteiger partial charge in [-0.2, -0.15) is 13.2 Å². The SMILES string of the molecule is COC(=O)[C@@H](Cc1cccc(C(F)(F)F)c1)NC(=O)C(C)(c1ccccc1)c1ccccc1. The molecule has 1 amide bonds. The Hall–Kier alpha value is -3.61. The zero-order valence-electron chi connectivity index (χ0n) is 18.2. The average molecular weight is 455 g/mol. The lowest BCUT2D eigenvalue weighted by atomic mass is 9.75. The number of hydrogen-bond donors (Lipinski definition) is 1. The van der Waals surface area contributed by atoms with Crippen LogP contribution in [0.25, 0.3) is 0 Å². The molecule has 0 unspecified atom stereocenters. The van der Waals surface area contributed by atoms with E-state index in [0.29, 0.717) is 11.1 Å². The van der Waals surface area contributed by atoms with Crippen molar-refractivity contribution in [2.75, 3.05) is 7.11 Å². The lowest BCUT2D eigenvalue weighted by molar-refractivity contribution is -0.145. The van der Waals surface area contributed by atoms with Crippen LogP contribution in [0.3, 0.4) is 0 Å². The highest BCUT2D eigenvalue weighted by Crippen LogP contribution is 2.33. The average Bonchev–Trinajstić information content (AvgIpc) is 2.83. The van der Waals surface area contributed by atoms with E-state index in [1.165, 1.54) is 19.2 Å². The summed E-state index contributed by atoms with van der Waals surface area (Å²) in [5, 5.41) is 2.72. The molecule has 0 heterocycles. The number of halogens is 3. The molecule has 172 valence electrons. The largest absolute Gasteiger partial charge is 0.467 e. The summed E-state index contributed by atoms with van der Waals surface area (Å²) in [5.74, 6) is -1.22. The van der Waals surface area contributed by atoms with Gasteiger partial charge in [0.2, 0.25) is 5.91 Å². The molecule has 7 heteroatoms. The second-order valence-electron chi connectivity index (χ2n) is 7.81. The molecule has 3 aromatic rings. The van der Waals surface area contributed by atoms with Crippen molar-refractivity contribution < 1.29 is 27.5 Å². The van der Waals surface area contributed by atoms with Gasteiger partial charge in [0.1, 0.15) is 6.04 Å². The molecule has 0 radical (unpaired) electrons. The molecule has 4 nitrogen and oxygen atoms in total. The number of carbonyl (C=O) groups is 2. The van der Waals surface area contributed by atoms with E-state index in [1.54, 1.807) is 6.92 Å². The highest BCUT2D eigenvalue weighted by Gasteiger charge is 2.39. The van der Waals surface area contributed by atoms with E-state index in [0.717, 1.165) is 12.1 Å². The van der Waals surface area contributed by atoms with E-state index in [2.05, 4.69) is 5.32 Å². The predicted molar refractivity (Wildman–Crippen MR) is 118 cm³/mol. The molecule has 0 aliphatic heterocycles. The van der Waals surface area contributed by atoms with E-state index in [4.69, 9.17) is 4.74 Å². The van der Waals surface area contributed by atoms with E-state index < -0.39 is 35.1 Å². The van der Waals surface area contributed by atoms with Gasteiger partial charge in [-0.3, -0.25) is 4.79 Å². The van der Waals surface area contributed by atoms with E-state index in [-0.39, 0.29) is 12.0 Å². The molecule has 0 aliphatic rings. The summed E-state index contributed by atoms with van der Waals surface area (Å²) in [6.07, 6.45) is -4.67. The maximum Gasteiger partial charge on any atom is 0.416 e. The highest BCUT2D eigenvalue weighted by atomic mass is 19.4. The van der Waals surface area contributed by atoms with Crippen LogP contribution in [0.2, 0.25) is 0 Å². The van der Waals surface area contributed by atoms with Crippen LogP contribution in [0.1, 0.15) is 29.2 Å². The quantitative estimate of drug-likeness (QED) is 0.515. The number of ether oxygens (including phenoxy) is 1. The number of methoxy groups -OCH3 is 1. The number of rotatable bonds is 7. The van der Waals surface area contributed by atoms with Gasteiger partial charge >= 0.3 is 12.1 Å². The number of hydrogen-bond acceptors (Lipinski definition) is 3. The van der Waals surface area contributed by atoms with Crippen molar-refractivity contribution in [3.63, 3.8) is 0 Å². The molecule has 3 aromatic carbocycles. The van der Waals surface area contributed by atoms with Crippen LogP contribution in [0.15, 0.2) is 84.9 Å². The molecule has 33 heavy (non-hydrogen) atoms. The second kappa shape index (κ2) is 9.90. The molecule has 3 rings (SSSR count). The lowest BCUT2D eigenvalue weighted by Crippen LogP contribution is -2.51. The van der Waals surface area contributed by atoms with E-state index in [1.807, 2.05) is 60.7 Å². The third-order valence-electron chi connectivity index (χ3n) is 5.64. The van der Waals surface area contributed by atoms with Crippen molar-refractivity contribution in [2.45, 2.75) is 31.0 Å². The van der Waals surface area contributed by atoms with Gasteiger partial charge in [-0.05, 0) is 29.7 Å². The zero-order valence-corrected chi connectivity index (χ0v) is 18.2. The third kappa shape index (κ3) is 5.42. The fraction of sp³-hybridized carbons (Fsp3) is 0.231. The Morgan fingerprint density at radius 2 is 1.36 bits per heavy atom. The Balaban J connectivity index is 1.95. The summed E-state index contributed by atoms with van der Waals surface area (Å²) in [7, 11) is 1.17. The van der Waals surface area contributed by atoms with Crippen molar-refractivity contribution in [1.29, 1.82) is 0 Å². The van der Waals surface area contributed by atoms with Crippen molar-refractivity contribution in [2.24, 2.45) is 0 Å². The van der Waals surface area contributed by atoms with Crippen molar-refractivity contribution >= 4 is 11.9 Å². The Labute approximate surface area is 190 Å². The van der Waals surface area contributed by atoms with Crippen LogP contribution in [-0.4, -0.2) is 25.0 Å². The smallest absolute Gasteiger partial charge is 0.416 e. The summed E-state index contributed by atoms with van der Waals surface area (Å²) < 4.78 is 44.2. The highest BCUT2D eigenvalue weighted by molar-refractivity contribution is 5.94. The molecular formula is C26H24F3NO3. The minimum absolute atomic E-state index is 0.151. The van der Waals surface area contributed by atoms with Gasteiger partial charge in [0, 0.05) is 6.42 Å². The van der Waals surface area contributed by atoms with Crippen LogP contribution in [0.5, 0.6) is 0 Å². The van der Waals surface area contributed by atoms with Crippen LogP contribution in [0, 0.1) is 0 Å². The summed E-state index contributed by atoms with van der Waals surface area (Å²) in [5.41, 5.74) is -0.314. The van der Waals surface area contributed by atoms with Gasteiger partial charge in [0.15, 0.2) is 0 Å². The molecule has 0 saturated carbocycles. The van der Waals surface area contributed by atoms with Crippen LogP contribution < -0.4 is 5.32 Å². The standard InChI is InChI=1S/C26H24F3NO3/c1-25(19-11-5-3-6-12-19,20-13-7-4-8-14-20)24(32)30-22(23(31)33-2)17-18-10-9-15-21(16-18)26(27,28)29/h3-16,22H,17H2,1-2H3,(H,30,32)/t22-/m1/s1. The number of alkyl halides is 3. The van der Waals surface area contributed by atoms with Crippen LogP contribution in [0.4, 0.5) is 13.2 Å². The first-order valence-corrected chi connectivity index (χ1v) is 10.3. The Morgan fingerprint density at radius 3 is 1.85 bits per heavy atom. The summed E-state index contributed by atoms with van der Waals surface area (Å²) in [6, 6.07) is 21.7. The summed E-state index contributed by atoms with van der Waals surface area (Å²) >= 11 is 0. The molecule has 0 bridgehead atoms. The van der Waals surface area contributed by atoms with Crippen molar-refractivity contribution in [3.8, 4) is 0 Å². The number of benzene rings is 3. The molecule has 0 spiro atoms. The van der Waals surface area contributed by atoms with E-state index in [9.17, 15) is 22.8 Å². The van der Waals surface area contributed by atoms with Crippen molar-refractivity contribution in [3.05, 3.63) is 107 Å². The first-order chi connectivity index (χ1) is 15.7. The number of nitrogens with one attached hydrogen (secondary N) is 1. The Morgan fingerprint density at radius 1 is 0.848 bits per heavy atom. The number of carbonyl (C=O) groups excluding carboxylic acids is 2. The first kappa shape index (κ1) is 24.0. The Bertz CT molecular complexity index is 1060. The number of esters is 1. The maximum absolute atomic E-state index is 13.6. The van der Waals surface area contributed by atoms with Crippen LogP contribution >= 0.6 is 0 Å². The van der Waals surface area contributed by atoms with Gasteiger partial charge in [-0.1, -0.05) is 78.9 Å². The van der Waals surface area contributed by atoms with Gasteiger partial charge in [-0.25, -0.2) is 4.79 Å². The zero-order chi connectivity index (χ0) is 24.1. The van der Waals surface area contributed by atoms with Crippen LogP contribution in [-0.2, 0) is 32.3 Å². The summed E-state index contributed by atoms with van der Waals surface area (Å²) in [6.45, 7) is 1.74. The molecule has 0 fully saturated rings. The molecule has 1 atom stereocenters. The molecule has 0 aliphatic carbocycles. The molecule has 1 N–H and O–H groups in total. The molecule has 0 saturated heterocycles. The maximum atomic E-state index is 13.6. The van der Waals surface area contributed by atoms with Gasteiger partial charge in [-0.15, -0.1) is 0 Å². The fourth-order valence-corrected chi connectivity index (χ4v) is 3.72. The minimum atomic E-state index is -4.51. The second-order valence-corrected chi connectivity index (χ2v) is 7.81. The normalized spacial score (nSPS) is 12.6. The lowest BCUT2D eigenvalue weighted by Gasteiger charge is -2.31. The van der Waals surface area contributed by atoms with Crippen molar-refractivity contribution in [1.82, 2.24) is 5.32 Å². The Kier molecular flexibility index (Phi) is 7.21. The molecule has 0 aromatic heterocycles. The monoisotopic (exact) mass is 455 g/mol. The first-order valence-electron chi connectivity index (χ1n) is 10.3. The van der Waals surface area contributed by atoms with Gasteiger partial charge < -0.3 is 10.1 Å². The van der Waals surface area contributed by atoms with E-state index >= 15 is 0 Å². The molecular weight excluding hydrogens is 431 g/mol. The third-order valence-corrected chi connectivity index (χ3v) is 5.64. The minimum Gasteiger partial charge on any atom is -0.467 e. The fourth-order valence-electron chi connectivity index (χ4n) is 3.72. The number of amides is 1. The van der Waals surface area contributed by atoms with Gasteiger partial charge in [0.25, 0.3) is 0 Å². The predicted octanol–water partition coefficient (Wildman–Crippen LogP) is 4.91.